The predicted molar refractivity (Wildman–Crippen MR) is 57.1 cm³/mol. The molecule has 0 saturated carbocycles. The van der Waals surface area contributed by atoms with Crippen LogP contribution in [-0.4, -0.2) is 32.8 Å². The van der Waals surface area contributed by atoms with Crippen LogP contribution in [0, 0.1) is 6.92 Å². The minimum Gasteiger partial charge on any atom is -0.466 e. The fraction of sp³-hybridized carbons (Fsp3) is 0.444. The van der Waals surface area contributed by atoms with E-state index >= 15 is 0 Å². The SMILES string of the molecule is COCOc1cncc(OS(=O)(=O)C(F)(F)F)c1C. The van der Waals surface area contributed by atoms with Crippen molar-refractivity contribution < 1.29 is 35.2 Å². The van der Waals surface area contributed by atoms with Crippen molar-refractivity contribution in [2.75, 3.05) is 13.9 Å². The highest BCUT2D eigenvalue weighted by Crippen LogP contribution is 2.31. The molecule has 0 aliphatic heterocycles. The van der Waals surface area contributed by atoms with E-state index in [1.54, 1.807) is 0 Å². The third kappa shape index (κ3) is 3.70. The van der Waals surface area contributed by atoms with Gasteiger partial charge in [-0.3, -0.25) is 4.98 Å². The molecule has 0 aliphatic rings. The molecule has 6 nitrogen and oxygen atoms in total. The van der Waals surface area contributed by atoms with Crippen LogP contribution in [0.15, 0.2) is 12.4 Å². The number of halogens is 3. The standard InChI is InChI=1S/C9H10F3NO5S/c1-6-7(17-5-16-2)3-13-4-8(6)18-19(14,15)9(10,11)12/h3-4H,5H2,1-2H3. The molecule has 0 N–H and O–H groups in total. The summed E-state index contributed by atoms with van der Waals surface area (Å²) < 4.78 is 71.8. The van der Waals surface area contributed by atoms with Gasteiger partial charge in [0.15, 0.2) is 12.5 Å². The zero-order valence-electron chi connectivity index (χ0n) is 9.89. The zero-order chi connectivity index (χ0) is 14.7. The number of rotatable bonds is 5. The summed E-state index contributed by atoms with van der Waals surface area (Å²) in [5.74, 6) is -0.511. The van der Waals surface area contributed by atoms with Gasteiger partial charge < -0.3 is 13.7 Å². The van der Waals surface area contributed by atoms with Crippen LogP contribution in [0.3, 0.4) is 0 Å². The number of hydrogen-bond acceptors (Lipinski definition) is 6. The summed E-state index contributed by atoms with van der Waals surface area (Å²) in [7, 11) is -4.39. The normalized spacial score (nSPS) is 12.3. The third-order valence-electron chi connectivity index (χ3n) is 1.94. The van der Waals surface area contributed by atoms with E-state index in [1.807, 2.05) is 0 Å². The van der Waals surface area contributed by atoms with Crippen molar-refractivity contribution >= 4 is 10.1 Å². The number of pyridine rings is 1. The lowest BCUT2D eigenvalue weighted by Crippen LogP contribution is -2.28. The van der Waals surface area contributed by atoms with E-state index in [2.05, 4.69) is 13.9 Å². The van der Waals surface area contributed by atoms with Crippen LogP contribution in [0.5, 0.6) is 11.5 Å². The van der Waals surface area contributed by atoms with Gasteiger partial charge in [0.1, 0.15) is 5.75 Å². The zero-order valence-corrected chi connectivity index (χ0v) is 10.7. The molecule has 0 aromatic carbocycles. The van der Waals surface area contributed by atoms with Crippen LogP contribution in [-0.2, 0) is 14.9 Å². The maximum atomic E-state index is 12.2. The van der Waals surface area contributed by atoms with Gasteiger partial charge in [-0.2, -0.15) is 21.6 Å². The number of methoxy groups -OCH3 is 1. The van der Waals surface area contributed by atoms with E-state index in [-0.39, 0.29) is 18.1 Å². The Morgan fingerprint density at radius 1 is 1.26 bits per heavy atom. The first kappa shape index (κ1) is 15.5. The Morgan fingerprint density at radius 3 is 2.37 bits per heavy atom. The summed E-state index contributed by atoms with van der Waals surface area (Å²) in [6.07, 6.45) is 2.04. The van der Waals surface area contributed by atoms with Crippen LogP contribution < -0.4 is 8.92 Å². The first-order valence-corrected chi connectivity index (χ1v) is 6.17. The topological polar surface area (TPSA) is 74.7 Å². The maximum Gasteiger partial charge on any atom is 0.534 e. The number of alkyl halides is 3. The Morgan fingerprint density at radius 2 is 1.84 bits per heavy atom. The molecule has 0 spiro atoms. The molecule has 0 radical (unpaired) electrons. The molecule has 0 saturated heterocycles. The average Bonchev–Trinajstić information content (AvgIpc) is 2.28. The molecule has 0 atom stereocenters. The van der Waals surface area contributed by atoms with Crippen LogP contribution in [0.2, 0.25) is 0 Å². The van der Waals surface area contributed by atoms with Gasteiger partial charge in [0, 0.05) is 12.7 Å². The third-order valence-corrected chi connectivity index (χ3v) is 2.90. The number of ether oxygens (including phenoxy) is 2. The van der Waals surface area contributed by atoms with E-state index in [9.17, 15) is 21.6 Å². The van der Waals surface area contributed by atoms with Crippen LogP contribution >= 0.6 is 0 Å². The summed E-state index contributed by atoms with van der Waals surface area (Å²) >= 11 is 0. The van der Waals surface area contributed by atoms with Crippen molar-refractivity contribution in [1.29, 1.82) is 0 Å². The van der Waals surface area contributed by atoms with Crippen molar-refractivity contribution in [2.24, 2.45) is 0 Å². The Kier molecular flexibility index (Phi) is 4.58. The molecule has 1 rings (SSSR count). The number of nitrogens with zero attached hydrogens (tertiary/aromatic N) is 1. The molecule has 108 valence electrons. The summed E-state index contributed by atoms with van der Waals surface area (Å²) in [5, 5.41) is 0. The monoisotopic (exact) mass is 301 g/mol. The summed E-state index contributed by atoms with van der Waals surface area (Å²) in [6, 6.07) is 0. The highest BCUT2D eigenvalue weighted by Gasteiger charge is 2.48. The van der Waals surface area contributed by atoms with Crippen LogP contribution in [0.25, 0.3) is 0 Å². The van der Waals surface area contributed by atoms with Gasteiger partial charge in [-0.1, -0.05) is 0 Å². The fourth-order valence-electron chi connectivity index (χ4n) is 1.01. The lowest BCUT2D eigenvalue weighted by atomic mass is 10.2. The molecule has 1 aromatic heterocycles. The van der Waals surface area contributed by atoms with Gasteiger partial charge >= 0.3 is 15.6 Å². The average molecular weight is 301 g/mol. The molecule has 0 unspecified atom stereocenters. The van der Waals surface area contributed by atoms with Crippen molar-refractivity contribution in [2.45, 2.75) is 12.4 Å². The first-order valence-electron chi connectivity index (χ1n) is 4.76. The summed E-state index contributed by atoms with van der Waals surface area (Å²) in [4.78, 5) is 3.53. The summed E-state index contributed by atoms with van der Waals surface area (Å²) in [6.45, 7) is 1.16. The Bertz CT molecular complexity index is 543. The second kappa shape index (κ2) is 5.61. The lowest BCUT2D eigenvalue weighted by molar-refractivity contribution is -0.0500. The van der Waals surface area contributed by atoms with E-state index in [4.69, 9.17) is 4.74 Å². The molecule has 19 heavy (non-hydrogen) atoms. The van der Waals surface area contributed by atoms with Crippen LogP contribution in [0.1, 0.15) is 5.56 Å². The Balaban J connectivity index is 3.03. The van der Waals surface area contributed by atoms with Gasteiger partial charge in [0.25, 0.3) is 0 Å². The number of hydrogen-bond donors (Lipinski definition) is 0. The first-order chi connectivity index (χ1) is 8.69. The summed E-state index contributed by atoms with van der Waals surface area (Å²) in [5.41, 5.74) is -5.46. The molecule has 0 aliphatic carbocycles. The minimum atomic E-state index is -5.74. The quantitative estimate of drug-likeness (QED) is 0.467. The van der Waals surface area contributed by atoms with Crippen molar-refractivity contribution in [1.82, 2.24) is 4.98 Å². The van der Waals surface area contributed by atoms with E-state index in [1.165, 1.54) is 20.2 Å². The van der Waals surface area contributed by atoms with E-state index < -0.39 is 21.4 Å². The lowest BCUT2D eigenvalue weighted by Gasteiger charge is -2.13. The van der Waals surface area contributed by atoms with Crippen molar-refractivity contribution in [3.8, 4) is 11.5 Å². The highest BCUT2D eigenvalue weighted by molar-refractivity contribution is 7.88. The largest absolute Gasteiger partial charge is 0.534 e. The van der Waals surface area contributed by atoms with Gasteiger partial charge in [-0.25, -0.2) is 0 Å². The molecule has 0 amide bonds. The predicted octanol–water partition coefficient (Wildman–Crippen LogP) is 1.60. The van der Waals surface area contributed by atoms with Gasteiger partial charge in [0.2, 0.25) is 0 Å². The minimum absolute atomic E-state index is 0.0525. The van der Waals surface area contributed by atoms with Crippen molar-refractivity contribution in [3.05, 3.63) is 18.0 Å². The van der Waals surface area contributed by atoms with Gasteiger partial charge in [0.05, 0.1) is 12.4 Å². The molecular formula is C9H10F3NO5S. The molecule has 1 heterocycles. The highest BCUT2D eigenvalue weighted by atomic mass is 32.2. The Labute approximate surface area is 107 Å². The number of aromatic nitrogens is 1. The molecule has 1 aromatic rings. The molecule has 0 fully saturated rings. The van der Waals surface area contributed by atoms with Crippen LogP contribution in [0.4, 0.5) is 13.2 Å². The molecule has 10 heteroatoms. The fourth-order valence-corrected chi connectivity index (χ4v) is 1.50. The smallest absolute Gasteiger partial charge is 0.466 e. The second-order valence-corrected chi connectivity index (χ2v) is 4.83. The maximum absolute atomic E-state index is 12.2. The van der Waals surface area contributed by atoms with Crippen molar-refractivity contribution in [3.63, 3.8) is 0 Å². The van der Waals surface area contributed by atoms with Gasteiger partial charge in [-0.05, 0) is 6.92 Å². The van der Waals surface area contributed by atoms with E-state index in [0.29, 0.717) is 0 Å². The van der Waals surface area contributed by atoms with E-state index in [0.717, 1.165) is 6.20 Å². The molecular weight excluding hydrogens is 291 g/mol. The van der Waals surface area contributed by atoms with Gasteiger partial charge in [-0.15, -0.1) is 0 Å². The molecule has 0 bridgehead atoms. The second-order valence-electron chi connectivity index (χ2n) is 3.29. The Hall–Kier alpha value is -1.55.